The molecule has 0 aromatic heterocycles. The Kier molecular flexibility index (Phi) is 6.98. The number of hydrogen-bond donors (Lipinski definition) is 2. The van der Waals surface area contributed by atoms with Gasteiger partial charge in [0, 0.05) is 0 Å². The summed E-state index contributed by atoms with van der Waals surface area (Å²) < 4.78 is 0. The van der Waals surface area contributed by atoms with Gasteiger partial charge < -0.3 is 11.1 Å². The Morgan fingerprint density at radius 2 is 2.20 bits per heavy atom. The first-order valence-corrected chi connectivity index (χ1v) is 4.12. The number of nitrogens with two attached hydrogens (primary N) is 2. The monoisotopic (exact) mass is 144 g/mol. The first-order valence-electron chi connectivity index (χ1n) is 4.12. The van der Waals surface area contributed by atoms with Gasteiger partial charge in [-0.25, -0.2) is 0 Å². The van der Waals surface area contributed by atoms with E-state index >= 15 is 0 Å². The minimum absolute atomic E-state index is 0.821. The molecule has 1 atom stereocenters. The largest absolute Gasteiger partial charge is 0.479 e. The molecule has 4 N–H and O–H groups in total. The van der Waals surface area contributed by atoms with Crippen molar-refractivity contribution < 1.29 is 5.32 Å². The van der Waals surface area contributed by atoms with Crippen LogP contribution in [0.5, 0.6) is 0 Å². The molecule has 62 valence electrons. The van der Waals surface area contributed by atoms with E-state index in [2.05, 4.69) is 14.0 Å². The molecule has 0 saturated heterocycles. The molecule has 0 aliphatic rings. The molecule has 0 bridgehead atoms. The Bertz CT molecular complexity index is 56.3. The zero-order valence-electron chi connectivity index (χ0n) is 6.97. The van der Waals surface area contributed by atoms with E-state index in [0.29, 0.717) is 0 Å². The molecular formula is C8H20N2. The highest BCUT2D eigenvalue weighted by atomic mass is 14.8. The Labute approximate surface area is 64.2 Å². The van der Waals surface area contributed by atoms with E-state index in [1.807, 2.05) is 5.32 Å². The Morgan fingerprint density at radius 3 is 2.70 bits per heavy atom. The molecule has 0 saturated carbocycles. The van der Waals surface area contributed by atoms with Crippen LogP contribution in [-0.2, 0) is 0 Å². The zero-order valence-corrected chi connectivity index (χ0v) is 6.97. The van der Waals surface area contributed by atoms with Crippen LogP contribution in [0.2, 0.25) is 0 Å². The van der Waals surface area contributed by atoms with E-state index in [1.165, 1.54) is 12.8 Å². The van der Waals surface area contributed by atoms with Crippen molar-refractivity contribution in [2.75, 3.05) is 13.1 Å². The molecule has 2 heteroatoms. The Hall–Kier alpha value is -0.0800. The molecule has 0 radical (unpaired) electrons. The topological polar surface area (TPSA) is 42.6 Å². The molecule has 0 fully saturated rings. The third kappa shape index (κ3) is 6.05. The molecule has 0 aliphatic carbocycles. The van der Waals surface area contributed by atoms with E-state index in [-0.39, 0.29) is 0 Å². The summed E-state index contributed by atoms with van der Waals surface area (Å²) in [6.45, 7) is 4.25. The zero-order chi connectivity index (χ0) is 7.82. The third-order valence-corrected chi connectivity index (χ3v) is 1.76. The highest BCUT2D eigenvalue weighted by Gasteiger charge is 1.99. The maximum absolute atomic E-state index is 5.39. The van der Waals surface area contributed by atoms with Crippen LogP contribution in [0.4, 0.5) is 0 Å². The van der Waals surface area contributed by atoms with Gasteiger partial charge in [0.15, 0.2) is 0 Å². The van der Waals surface area contributed by atoms with Crippen LogP contribution in [0.15, 0.2) is 0 Å². The number of hydrogen-bond acceptors (Lipinski definition) is 1. The minimum Gasteiger partial charge on any atom is -0.479 e. The Morgan fingerprint density at radius 1 is 1.50 bits per heavy atom. The van der Waals surface area contributed by atoms with Gasteiger partial charge in [0.25, 0.3) is 0 Å². The summed E-state index contributed by atoms with van der Waals surface area (Å²) in [4.78, 5) is 0. The predicted octanol–water partition coefficient (Wildman–Crippen LogP) is 0.106. The van der Waals surface area contributed by atoms with Crippen molar-refractivity contribution in [1.82, 2.24) is 0 Å². The third-order valence-electron chi connectivity index (χ3n) is 1.76. The SMILES string of the molecule is [CH2-][NH2+]CCC(C)CCCN. The highest BCUT2D eigenvalue weighted by molar-refractivity contribution is 4.52. The van der Waals surface area contributed by atoms with Crippen LogP contribution < -0.4 is 11.1 Å². The van der Waals surface area contributed by atoms with Crippen LogP contribution >= 0.6 is 0 Å². The van der Waals surface area contributed by atoms with E-state index in [4.69, 9.17) is 5.73 Å². The van der Waals surface area contributed by atoms with Crippen molar-refractivity contribution in [3.63, 3.8) is 0 Å². The highest BCUT2D eigenvalue weighted by Crippen LogP contribution is 2.06. The molecule has 10 heavy (non-hydrogen) atoms. The second-order valence-corrected chi connectivity index (χ2v) is 2.90. The summed E-state index contributed by atoms with van der Waals surface area (Å²) in [5.74, 6) is 0.821. The maximum Gasteiger partial charge on any atom is 0.0518 e. The van der Waals surface area contributed by atoms with Gasteiger partial charge in [-0.15, -0.1) is 0 Å². The van der Waals surface area contributed by atoms with Crippen LogP contribution in [-0.4, -0.2) is 13.1 Å². The number of quaternary nitrogens is 1. The van der Waals surface area contributed by atoms with Gasteiger partial charge in [0.2, 0.25) is 0 Å². The molecule has 2 nitrogen and oxygen atoms in total. The summed E-state index contributed by atoms with van der Waals surface area (Å²) in [7, 11) is 3.69. The normalized spacial score (nSPS) is 13.5. The van der Waals surface area contributed by atoms with Crippen molar-refractivity contribution in [3.05, 3.63) is 7.05 Å². The summed E-state index contributed by atoms with van der Waals surface area (Å²) >= 11 is 0. The van der Waals surface area contributed by atoms with Gasteiger partial charge in [-0.2, -0.15) is 7.05 Å². The first-order chi connectivity index (χ1) is 4.81. The average molecular weight is 144 g/mol. The van der Waals surface area contributed by atoms with Gasteiger partial charge in [-0.1, -0.05) is 6.92 Å². The first kappa shape index (κ1) is 9.92. The van der Waals surface area contributed by atoms with Crippen molar-refractivity contribution >= 4 is 0 Å². The summed E-state index contributed by atoms with van der Waals surface area (Å²) in [5.41, 5.74) is 5.39. The van der Waals surface area contributed by atoms with E-state index in [9.17, 15) is 0 Å². The molecule has 0 aromatic rings. The van der Waals surface area contributed by atoms with Gasteiger partial charge in [0.05, 0.1) is 6.54 Å². The quantitative estimate of drug-likeness (QED) is 0.510. The van der Waals surface area contributed by atoms with Crippen molar-refractivity contribution in [1.29, 1.82) is 0 Å². The summed E-state index contributed by atoms with van der Waals surface area (Å²) in [6, 6.07) is 0. The lowest BCUT2D eigenvalue weighted by Gasteiger charge is -2.08. The minimum atomic E-state index is 0.821. The van der Waals surface area contributed by atoms with Gasteiger partial charge in [-0.05, 0) is 31.7 Å². The van der Waals surface area contributed by atoms with Crippen molar-refractivity contribution in [2.45, 2.75) is 26.2 Å². The summed E-state index contributed by atoms with van der Waals surface area (Å²) in [6.07, 6.45) is 3.70. The van der Waals surface area contributed by atoms with E-state index in [0.717, 1.165) is 25.4 Å². The Balaban J connectivity index is 3.00. The molecule has 0 rings (SSSR count). The molecule has 0 amide bonds. The van der Waals surface area contributed by atoms with Crippen molar-refractivity contribution in [2.24, 2.45) is 11.7 Å². The standard InChI is InChI=1S/C8H20N2/c1-8(4-3-6-9)5-7-10-2/h8H,2-7,9-10H2,1H3. The molecule has 0 heterocycles. The second-order valence-electron chi connectivity index (χ2n) is 2.90. The van der Waals surface area contributed by atoms with Crippen LogP contribution in [0.1, 0.15) is 26.2 Å². The van der Waals surface area contributed by atoms with Gasteiger partial charge in [-0.3, -0.25) is 0 Å². The maximum atomic E-state index is 5.39. The van der Waals surface area contributed by atoms with Crippen LogP contribution in [0.3, 0.4) is 0 Å². The lowest BCUT2D eigenvalue weighted by Crippen LogP contribution is -2.77. The van der Waals surface area contributed by atoms with Gasteiger partial charge in [0.1, 0.15) is 0 Å². The lowest BCUT2D eigenvalue weighted by atomic mass is 10.0. The molecule has 1 unspecified atom stereocenters. The van der Waals surface area contributed by atoms with Gasteiger partial charge >= 0.3 is 0 Å². The van der Waals surface area contributed by atoms with E-state index < -0.39 is 0 Å². The second kappa shape index (κ2) is 7.03. The fraction of sp³-hybridized carbons (Fsp3) is 0.875. The fourth-order valence-electron chi connectivity index (χ4n) is 1.01. The van der Waals surface area contributed by atoms with Crippen LogP contribution in [0, 0.1) is 13.0 Å². The molecule has 0 aromatic carbocycles. The molecular weight excluding hydrogens is 124 g/mol. The molecule has 0 spiro atoms. The average Bonchev–Trinajstić information content (AvgIpc) is 1.97. The lowest BCUT2D eigenvalue weighted by molar-refractivity contribution is -0.596. The number of rotatable bonds is 6. The molecule has 0 aliphatic heterocycles. The fourth-order valence-corrected chi connectivity index (χ4v) is 1.01. The van der Waals surface area contributed by atoms with Crippen LogP contribution in [0.25, 0.3) is 0 Å². The van der Waals surface area contributed by atoms with Crippen molar-refractivity contribution in [3.8, 4) is 0 Å². The smallest absolute Gasteiger partial charge is 0.0518 e. The van der Waals surface area contributed by atoms with E-state index in [1.54, 1.807) is 0 Å². The predicted molar refractivity (Wildman–Crippen MR) is 44.2 cm³/mol. The summed E-state index contributed by atoms with van der Waals surface area (Å²) in [5, 5.41) is 1.99.